The highest BCUT2D eigenvalue weighted by Crippen LogP contribution is 2.35. The Bertz CT molecular complexity index is 725. The monoisotopic (exact) mass is 397 g/mol. The molecule has 1 atom stereocenters. The van der Waals surface area contributed by atoms with Crippen LogP contribution in [0.4, 0.5) is 0 Å². The minimum atomic E-state index is -3.85. The lowest BCUT2D eigenvalue weighted by Gasteiger charge is -2.21. The van der Waals surface area contributed by atoms with E-state index >= 15 is 0 Å². The number of benzene rings is 1. The van der Waals surface area contributed by atoms with Crippen molar-refractivity contribution < 1.29 is 17.9 Å². The van der Waals surface area contributed by atoms with E-state index < -0.39 is 10.0 Å². The zero-order valence-corrected chi connectivity index (χ0v) is 16.0. The molecule has 1 aliphatic heterocycles. The fourth-order valence-corrected chi connectivity index (χ4v) is 4.48. The van der Waals surface area contributed by atoms with Crippen molar-refractivity contribution in [3.8, 4) is 5.75 Å². The number of methoxy groups -OCH3 is 1. The number of carbonyl (C=O) groups excluding carboxylic acids is 1. The van der Waals surface area contributed by atoms with Gasteiger partial charge in [0.25, 0.3) is 5.91 Å². The topological polar surface area (TPSA) is 92.9 Å². The minimum absolute atomic E-state index is 0. The number of sulfonamides is 1. The van der Waals surface area contributed by atoms with Crippen molar-refractivity contribution in [3.63, 3.8) is 0 Å². The van der Waals surface area contributed by atoms with Crippen LogP contribution in [0.5, 0.6) is 5.75 Å². The number of hydrogen-bond acceptors (Lipinski definition) is 5. The molecule has 24 heavy (non-hydrogen) atoms. The van der Waals surface area contributed by atoms with Gasteiger partial charge in [-0.3, -0.25) is 4.79 Å². The van der Waals surface area contributed by atoms with Gasteiger partial charge in [-0.2, -0.15) is 4.31 Å². The molecule has 0 aromatic heterocycles. The summed E-state index contributed by atoms with van der Waals surface area (Å²) >= 11 is 6.04. The lowest BCUT2D eigenvalue weighted by atomic mass is 10.2. The van der Waals surface area contributed by atoms with Crippen molar-refractivity contribution in [2.45, 2.75) is 17.4 Å². The van der Waals surface area contributed by atoms with Gasteiger partial charge in [0.1, 0.15) is 4.90 Å². The van der Waals surface area contributed by atoms with E-state index in [0.717, 1.165) is 0 Å². The zero-order chi connectivity index (χ0) is 17.4. The maximum absolute atomic E-state index is 12.9. The predicted octanol–water partition coefficient (Wildman–Crippen LogP) is 1.19. The van der Waals surface area contributed by atoms with Crippen LogP contribution >= 0.6 is 24.0 Å². The molecule has 1 heterocycles. The average Bonchev–Trinajstić information content (AvgIpc) is 2.92. The lowest BCUT2D eigenvalue weighted by molar-refractivity contribution is 0.0823. The Morgan fingerprint density at radius 1 is 1.42 bits per heavy atom. The highest BCUT2D eigenvalue weighted by molar-refractivity contribution is 7.89. The molecule has 1 aliphatic rings. The Balaban J connectivity index is 0.00000288. The van der Waals surface area contributed by atoms with Crippen molar-refractivity contribution >= 4 is 39.9 Å². The number of ether oxygens (including phenoxy) is 1. The third-order valence-corrected chi connectivity index (χ3v) is 5.75. The van der Waals surface area contributed by atoms with E-state index in [4.69, 9.17) is 22.1 Å². The summed E-state index contributed by atoms with van der Waals surface area (Å²) in [4.78, 5) is 13.5. The average molecular weight is 398 g/mol. The molecule has 0 spiro atoms. The second-order valence-corrected chi connectivity index (χ2v) is 7.94. The van der Waals surface area contributed by atoms with Gasteiger partial charge in [-0.1, -0.05) is 11.6 Å². The molecule has 1 fully saturated rings. The first kappa shape index (κ1) is 21.0. The SMILES string of the molecule is COc1c(C(=O)N(C)C)cc(Cl)cc1S(=O)(=O)N1CCC(N)C1.Cl. The molecule has 1 aromatic carbocycles. The molecule has 7 nitrogen and oxygen atoms in total. The normalized spacial score (nSPS) is 18.1. The number of halogens is 2. The van der Waals surface area contributed by atoms with Gasteiger partial charge in [0, 0.05) is 38.2 Å². The van der Waals surface area contributed by atoms with Crippen LogP contribution < -0.4 is 10.5 Å². The fraction of sp³-hybridized carbons (Fsp3) is 0.500. The van der Waals surface area contributed by atoms with Crippen LogP contribution in [0.1, 0.15) is 16.8 Å². The summed E-state index contributed by atoms with van der Waals surface area (Å²) in [5.74, 6) is -0.396. The first-order valence-corrected chi connectivity index (χ1v) is 8.85. The standard InChI is InChI=1S/C14H20ClN3O4S.ClH/c1-17(2)14(19)11-6-9(15)7-12(13(11)22-3)23(20,21)18-5-4-10(16)8-18;/h6-7,10H,4-5,8,16H2,1-3H3;1H. The summed E-state index contributed by atoms with van der Waals surface area (Å²) in [6, 6.07) is 2.50. The maximum Gasteiger partial charge on any atom is 0.257 e. The van der Waals surface area contributed by atoms with Crippen molar-refractivity contribution in [1.29, 1.82) is 0 Å². The van der Waals surface area contributed by atoms with Crippen molar-refractivity contribution in [1.82, 2.24) is 9.21 Å². The van der Waals surface area contributed by atoms with Gasteiger partial charge in [-0.25, -0.2) is 8.42 Å². The Kier molecular flexibility index (Phi) is 6.89. The molecule has 0 bridgehead atoms. The van der Waals surface area contributed by atoms with E-state index in [1.54, 1.807) is 14.1 Å². The van der Waals surface area contributed by atoms with Gasteiger partial charge in [0.15, 0.2) is 5.75 Å². The second-order valence-electron chi connectivity index (χ2n) is 5.60. The third kappa shape index (κ3) is 3.94. The van der Waals surface area contributed by atoms with E-state index in [1.165, 1.54) is 28.4 Å². The van der Waals surface area contributed by atoms with Crippen molar-refractivity contribution in [2.24, 2.45) is 5.73 Å². The van der Waals surface area contributed by atoms with Crippen LogP contribution in [0.25, 0.3) is 0 Å². The van der Waals surface area contributed by atoms with Crippen LogP contribution in [0, 0.1) is 0 Å². The summed E-state index contributed by atoms with van der Waals surface area (Å²) in [5, 5.41) is 0.151. The lowest BCUT2D eigenvalue weighted by Crippen LogP contribution is -2.32. The maximum atomic E-state index is 12.9. The highest BCUT2D eigenvalue weighted by atomic mass is 35.5. The molecule has 0 radical (unpaired) electrons. The van der Waals surface area contributed by atoms with Crippen LogP contribution in [-0.2, 0) is 10.0 Å². The number of nitrogens with two attached hydrogens (primary N) is 1. The Labute approximate surface area is 153 Å². The number of rotatable bonds is 4. The number of hydrogen-bond donors (Lipinski definition) is 1. The molecule has 2 rings (SSSR count). The van der Waals surface area contributed by atoms with E-state index in [0.29, 0.717) is 13.0 Å². The summed E-state index contributed by atoms with van der Waals surface area (Å²) in [6.07, 6.45) is 0.589. The van der Waals surface area contributed by atoms with Gasteiger partial charge in [0.2, 0.25) is 10.0 Å². The van der Waals surface area contributed by atoms with Gasteiger partial charge < -0.3 is 15.4 Å². The quantitative estimate of drug-likeness (QED) is 0.823. The first-order valence-electron chi connectivity index (χ1n) is 7.03. The molecule has 0 saturated carbocycles. The molecule has 0 aliphatic carbocycles. The predicted molar refractivity (Wildman–Crippen MR) is 94.6 cm³/mol. The van der Waals surface area contributed by atoms with E-state index in [-0.39, 0.29) is 52.1 Å². The summed E-state index contributed by atoms with van der Waals surface area (Å²) in [5.41, 5.74) is 5.90. The smallest absolute Gasteiger partial charge is 0.257 e. The van der Waals surface area contributed by atoms with Crippen LogP contribution in [0.2, 0.25) is 5.02 Å². The number of nitrogens with zero attached hydrogens (tertiary/aromatic N) is 2. The summed E-state index contributed by atoms with van der Waals surface area (Å²) in [6.45, 7) is 0.561. The minimum Gasteiger partial charge on any atom is -0.494 e. The molecule has 2 N–H and O–H groups in total. The van der Waals surface area contributed by atoms with Gasteiger partial charge in [-0.05, 0) is 18.6 Å². The molecule has 10 heteroatoms. The fourth-order valence-electron chi connectivity index (χ4n) is 2.48. The molecular weight excluding hydrogens is 377 g/mol. The van der Waals surface area contributed by atoms with Gasteiger partial charge in [-0.15, -0.1) is 12.4 Å². The van der Waals surface area contributed by atoms with Crippen LogP contribution in [0.15, 0.2) is 17.0 Å². The molecular formula is C14H21Cl2N3O4S. The zero-order valence-electron chi connectivity index (χ0n) is 13.7. The molecule has 1 aromatic rings. The summed E-state index contributed by atoms with van der Waals surface area (Å²) in [7, 11) is 0.610. The second kappa shape index (κ2) is 7.88. The third-order valence-electron chi connectivity index (χ3n) is 3.67. The largest absolute Gasteiger partial charge is 0.494 e. The molecule has 1 unspecified atom stereocenters. The summed E-state index contributed by atoms with van der Waals surface area (Å²) < 4.78 is 32.2. The first-order chi connectivity index (χ1) is 10.7. The molecule has 136 valence electrons. The Morgan fingerprint density at radius 3 is 2.50 bits per heavy atom. The molecule has 1 saturated heterocycles. The number of carbonyl (C=O) groups is 1. The Hall–Kier alpha value is -1.06. The Morgan fingerprint density at radius 2 is 2.04 bits per heavy atom. The number of amides is 1. The van der Waals surface area contributed by atoms with Gasteiger partial charge >= 0.3 is 0 Å². The highest BCUT2D eigenvalue weighted by Gasteiger charge is 2.35. The van der Waals surface area contributed by atoms with Crippen LogP contribution in [0.3, 0.4) is 0 Å². The molecule has 1 amide bonds. The van der Waals surface area contributed by atoms with E-state index in [9.17, 15) is 13.2 Å². The van der Waals surface area contributed by atoms with Crippen LogP contribution in [-0.4, -0.2) is 63.9 Å². The van der Waals surface area contributed by atoms with E-state index in [2.05, 4.69) is 0 Å². The van der Waals surface area contributed by atoms with Crippen molar-refractivity contribution in [2.75, 3.05) is 34.3 Å². The van der Waals surface area contributed by atoms with Gasteiger partial charge in [0.05, 0.1) is 12.7 Å². The van der Waals surface area contributed by atoms with E-state index in [1.807, 2.05) is 0 Å². The van der Waals surface area contributed by atoms with Crippen molar-refractivity contribution in [3.05, 3.63) is 22.7 Å².